The molecule has 0 N–H and O–H groups in total. The van der Waals surface area contributed by atoms with E-state index in [1.54, 1.807) is 0 Å². The van der Waals surface area contributed by atoms with Gasteiger partial charge in [-0.2, -0.15) is 0 Å². The molecular weight excluding hydrogens is 397 g/mol. The summed E-state index contributed by atoms with van der Waals surface area (Å²) in [5, 5.41) is 0.733. The highest BCUT2D eigenvalue weighted by molar-refractivity contribution is 14.1. The van der Waals surface area contributed by atoms with Crippen LogP contribution in [0.1, 0.15) is 27.0 Å². The number of amides is 1. The fraction of sp³-hybridized carbons (Fsp3) is 0.235. The van der Waals surface area contributed by atoms with E-state index in [0.717, 1.165) is 43.8 Å². The van der Waals surface area contributed by atoms with Crippen LogP contribution in [0.25, 0.3) is 0 Å². The van der Waals surface area contributed by atoms with Gasteiger partial charge in [-0.25, -0.2) is 0 Å². The van der Waals surface area contributed by atoms with Crippen LogP contribution in [0.5, 0.6) is 0 Å². The molecule has 0 unspecified atom stereocenters. The number of hydrogen-bond donors (Lipinski definition) is 0. The molecule has 0 radical (unpaired) electrons. The first-order valence-electron chi connectivity index (χ1n) is 6.87. The second-order valence-electron chi connectivity index (χ2n) is 5.37. The molecule has 0 saturated carbocycles. The molecule has 4 heteroatoms. The zero-order valence-corrected chi connectivity index (χ0v) is 14.6. The van der Waals surface area contributed by atoms with E-state index in [4.69, 9.17) is 11.6 Å². The summed E-state index contributed by atoms with van der Waals surface area (Å²) in [6, 6.07) is 12.1. The van der Waals surface area contributed by atoms with E-state index in [1.165, 1.54) is 0 Å². The van der Waals surface area contributed by atoms with Crippen molar-refractivity contribution in [1.29, 1.82) is 0 Å². The van der Waals surface area contributed by atoms with Crippen molar-refractivity contribution in [3.05, 3.63) is 67.2 Å². The Kier molecular flexibility index (Phi) is 4.22. The molecule has 0 fully saturated rings. The molecule has 0 spiro atoms. The van der Waals surface area contributed by atoms with Gasteiger partial charge < -0.3 is 4.90 Å². The van der Waals surface area contributed by atoms with Gasteiger partial charge in [-0.3, -0.25) is 4.79 Å². The first kappa shape index (κ1) is 14.9. The van der Waals surface area contributed by atoms with Crippen LogP contribution >= 0.6 is 34.2 Å². The molecule has 2 nitrogen and oxygen atoms in total. The number of carbonyl (C=O) groups excluding carboxylic acids is 1. The van der Waals surface area contributed by atoms with Gasteiger partial charge in [-0.05, 0) is 70.8 Å². The van der Waals surface area contributed by atoms with Crippen LogP contribution in [-0.4, -0.2) is 17.4 Å². The van der Waals surface area contributed by atoms with Crippen molar-refractivity contribution in [3.8, 4) is 0 Å². The van der Waals surface area contributed by atoms with Crippen molar-refractivity contribution in [1.82, 2.24) is 4.90 Å². The Balaban J connectivity index is 1.86. The van der Waals surface area contributed by atoms with Gasteiger partial charge in [-0.15, -0.1) is 0 Å². The number of rotatable bonds is 2. The van der Waals surface area contributed by atoms with E-state index < -0.39 is 0 Å². The van der Waals surface area contributed by atoms with E-state index in [2.05, 4.69) is 34.7 Å². The molecule has 0 bridgehead atoms. The molecule has 0 saturated heterocycles. The molecule has 1 aliphatic rings. The third kappa shape index (κ3) is 3.09. The molecule has 0 aromatic heterocycles. The Hall–Kier alpha value is -1.07. The predicted molar refractivity (Wildman–Crippen MR) is 93.8 cm³/mol. The lowest BCUT2D eigenvalue weighted by Gasteiger charge is -2.29. The zero-order chi connectivity index (χ0) is 15.0. The lowest BCUT2D eigenvalue weighted by atomic mass is 9.98. The van der Waals surface area contributed by atoms with Crippen molar-refractivity contribution in [2.45, 2.75) is 19.9 Å². The van der Waals surface area contributed by atoms with Gasteiger partial charge in [0.25, 0.3) is 5.91 Å². The van der Waals surface area contributed by atoms with Crippen LogP contribution in [0.2, 0.25) is 5.02 Å². The first-order chi connectivity index (χ1) is 10.0. The Bertz CT molecular complexity index is 714. The number of carbonyl (C=O) groups is 1. The zero-order valence-electron chi connectivity index (χ0n) is 11.7. The highest BCUT2D eigenvalue weighted by Gasteiger charge is 2.24. The van der Waals surface area contributed by atoms with E-state index in [-0.39, 0.29) is 5.91 Å². The van der Waals surface area contributed by atoms with Crippen LogP contribution in [0, 0.1) is 10.5 Å². The van der Waals surface area contributed by atoms with E-state index in [1.807, 2.05) is 36.1 Å². The van der Waals surface area contributed by atoms with Crippen LogP contribution in [0.15, 0.2) is 36.4 Å². The number of hydrogen-bond acceptors (Lipinski definition) is 1. The average molecular weight is 412 g/mol. The molecule has 0 aliphatic carbocycles. The second kappa shape index (κ2) is 5.97. The molecule has 3 rings (SSSR count). The third-order valence-electron chi connectivity index (χ3n) is 3.81. The molecule has 2 aromatic carbocycles. The minimum absolute atomic E-state index is 0.103. The van der Waals surface area contributed by atoms with Gasteiger partial charge in [-0.1, -0.05) is 29.8 Å². The maximum Gasteiger partial charge on any atom is 0.254 e. The Morgan fingerprint density at radius 3 is 2.81 bits per heavy atom. The van der Waals surface area contributed by atoms with Gasteiger partial charge in [0.05, 0.1) is 0 Å². The van der Waals surface area contributed by atoms with Gasteiger partial charge in [0.1, 0.15) is 0 Å². The standard InChI is InChI=1S/C17H15ClINO/c1-11-2-3-13(16(18)8-11)10-20-7-6-12-4-5-14(19)9-15(12)17(20)21/h2-5,8-9H,6-7,10H2,1H3. The van der Waals surface area contributed by atoms with Crippen molar-refractivity contribution >= 4 is 40.1 Å². The number of aryl methyl sites for hydroxylation is 1. The van der Waals surface area contributed by atoms with Crippen molar-refractivity contribution < 1.29 is 4.79 Å². The Labute approximate surface area is 143 Å². The van der Waals surface area contributed by atoms with Gasteiger partial charge in [0, 0.05) is 27.2 Å². The van der Waals surface area contributed by atoms with E-state index >= 15 is 0 Å². The first-order valence-corrected chi connectivity index (χ1v) is 8.33. The van der Waals surface area contributed by atoms with Crippen LogP contribution < -0.4 is 0 Å². The molecule has 108 valence electrons. The van der Waals surface area contributed by atoms with Gasteiger partial charge in [0.2, 0.25) is 0 Å². The number of nitrogens with zero attached hydrogens (tertiary/aromatic N) is 1. The molecule has 0 atom stereocenters. The smallest absolute Gasteiger partial charge is 0.254 e. The Morgan fingerprint density at radius 1 is 1.24 bits per heavy atom. The van der Waals surface area contributed by atoms with Gasteiger partial charge >= 0.3 is 0 Å². The molecule has 1 heterocycles. The lowest BCUT2D eigenvalue weighted by molar-refractivity contribution is 0.0727. The fourth-order valence-electron chi connectivity index (χ4n) is 2.63. The van der Waals surface area contributed by atoms with Crippen molar-refractivity contribution in [2.75, 3.05) is 6.54 Å². The summed E-state index contributed by atoms with van der Waals surface area (Å²) in [5.41, 5.74) is 4.11. The van der Waals surface area contributed by atoms with Crippen LogP contribution in [0.4, 0.5) is 0 Å². The normalized spacial score (nSPS) is 14.2. The highest BCUT2D eigenvalue weighted by atomic mass is 127. The lowest BCUT2D eigenvalue weighted by Crippen LogP contribution is -2.37. The quantitative estimate of drug-likeness (QED) is 0.669. The maximum atomic E-state index is 12.6. The molecule has 21 heavy (non-hydrogen) atoms. The van der Waals surface area contributed by atoms with Crippen LogP contribution in [-0.2, 0) is 13.0 Å². The van der Waals surface area contributed by atoms with Crippen LogP contribution in [0.3, 0.4) is 0 Å². The second-order valence-corrected chi connectivity index (χ2v) is 7.03. The molecule has 1 amide bonds. The Morgan fingerprint density at radius 2 is 2.05 bits per heavy atom. The molecule has 1 aliphatic heterocycles. The monoisotopic (exact) mass is 411 g/mol. The summed E-state index contributed by atoms with van der Waals surface area (Å²) in [7, 11) is 0. The molecule has 2 aromatic rings. The highest BCUT2D eigenvalue weighted by Crippen LogP contribution is 2.25. The maximum absolute atomic E-state index is 12.6. The summed E-state index contributed by atoms with van der Waals surface area (Å²) in [6.45, 7) is 3.33. The number of halogens is 2. The van der Waals surface area contributed by atoms with E-state index in [0.29, 0.717) is 6.54 Å². The molecular formula is C17H15ClINO. The van der Waals surface area contributed by atoms with E-state index in [9.17, 15) is 4.79 Å². The summed E-state index contributed by atoms with van der Waals surface area (Å²) in [5.74, 6) is 0.103. The van der Waals surface area contributed by atoms with Crippen molar-refractivity contribution in [2.24, 2.45) is 0 Å². The largest absolute Gasteiger partial charge is 0.334 e. The number of benzene rings is 2. The van der Waals surface area contributed by atoms with Crippen molar-refractivity contribution in [3.63, 3.8) is 0 Å². The minimum atomic E-state index is 0.103. The summed E-state index contributed by atoms with van der Waals surface area (Å²) >= 11 is 8.53. The predicted octanol–water partition coefficient (Wildman–Crippen LogP) is 4.45. The average Bonchev–Trinajstić information content (AvgIpc) is 2.45. The fourth-order valence-corrected chi connectivity index (χ4v) is 3.42. The number of fused-ring (bicyclic) bond motifs is 1. The third-order valence-corrected chi connectivity index (χ3v) is 4.83. The SMILES string of the molecule is Cc1ccc(CN2CCc3ccc(I)cc3C2=O)c(Cl)c1. The topological polar surface area (TPSA) is 20.3 Å². The van der Waals surface area contributed by atoms with Gasteiger partial charge in [0.15, 0.2) is 0 Å². The summed E-state index contributed by atoms with van der Waals surface area (Å²) in [6.07, 6.45) is 0.904. The minimum Gasteiger partial charge on any atom is -0.334 e. The summed E-state index contributed by atoms with van der Waals surface area (Å²) in [4.78, 5) is 14.5. The summed E-state index contributed by atoms with van der Waals surface area (Å²) < 4.78 is 1.09.